The first-order valence-electron chi connectivity index (χ1n) is 6.97. The number of carbonyl (C=O) groups is 1. The van der Waals surface area contributed by atoms with E-state index in [2.05, 4.69) is 30.0 Å². The van der Waals surface area contributed by atoms with E-state index in [4.69, 9.17) is 4.74 Å². The zero-order valence-corrected chi connectivity index (χ0v) is 11.9. The van der Waals surface area contributed by atoms with E-state index in [-0.39, 0.29) is 17.6 Å². The van der Waals surface area contributed by atoms with E-state index in [9.17, 15) is 4.79 Å². The Bertz CT molecular complexity index is 601. The molecule has 2 saturated heterocycles. The van der Waals surface area contributed by atoms with Gasteiger partial charge in [-0.15, -0.1) is 0 Å². The summed E-state index contributed by atoms with van der Waals surface area (Å²) in [5.74, 6) is -0.0339. The monoisotopic (exact) mass is 257 g/mol. The van der Waals surface area contributed by atoms with E-state index in [1.54, 1.807) is 0 Å². The highest BCUT2D eigenvalue weighted by Crippen LogP contribution is 2.77. The average molecular weight is 257 g/mol. The Balaban J connectivity index is 1.67. The van der Waals surface area contributed by atoms with Gasteiger partial charge in [-0.2, -0.15) is 0 Å². The number of esters is 1. The quantitative estimate of drug-likeness (QED) is 0.572. The minimum atomic E-state index is -0.398. The lowest BCUT2D eigenvalue weighted by Gasteiger charge is -2.38. The number of rotatable bonds is 1. The van der Waals surface area contributed by atoms with Crippen LogP contribution in [0.25, 0.3) is 0 Å². The normalized spacial score (nSPS) is 37.2. The number of hydrogen-bond acceptors (Lipinski definition) is 3. The summed E-state index contributed by atoms with van der Waals surface area (Å²) in [6.45, 7) is 7.97. The SMILES string of the molecule is Cc1cccc2c1[C@H]1CC3(C(=O)OC(C)(C)C)[C@@H]2N13. The molecule has 100 valence electrons. The van der Waals surface area contributed by atoms with Crippen molar-refractivity contribution in [2.24, 2.45) is 0 Å². The fourth-order valence-corrected chi connectivity index (χ4v) is 4.02. The van der Waals surface area contributed by atoms with Crippen molar-refractivity contribution in [3.8, 4) is 0 Å². The van der Waals surface area contributed by atoms with Crippen LogP contribution in [0.5, 0.6) is 0 Å². The first kappa shape index (κ1) is 11.5. The Morgan fingerprint density at radius 3 is 2.84 bits per heavy atom. The third-order valence-electron chi connectivity index (χ3n) is 4.70. The maximum atomic E-state index is 12.4. The lowest BCUT2D eigenvalue weighted by Crippen LogP contribution is -2.47. The molecule has 0 saturated carbocycles. The first-order valence-corrected chi connectivity index (χ1v) is 6.97. The molecule has 4 atom stereocenters. The molecule has 0 N–H and O–H groups in total. The number of ether oxygens (including phenoxy) is 1. The minimum Gasteiger partial charge on any atom is -0.459 e. The molecular formula is C16H19NO2. The van der Waals surface area contributed by atoms with Crippen LogP contribution in [0.1, 0.15) is 56.0 Å². The smallest absolute Gasteiger partial charge is 0.329 e. The molecule has 0 amide bonds. The van der Waals surface area contributed by atoms with Gasteiger partial charge < -0.3 is 4.74 Å². The molecule has 1 aromatic rings. The number of benzene rings is 1. The van der Waals surface area contributed by atoms with Gasteiger partial charge in [0.05, 0.1) is 6.04 Å². The van der Waals surface area contributed by atoms with Crippen molar-refractivity contribution in [3.05, 3.63) is 34.9 Å². The summed E-state index contributed by atoms with van der Waals surface area (Å²) in [5.41, 5.74) is 3.44. The zero-order chi connectivity index (χ0) is 13.6. The summed E-state index contributed by atoms with van der Waals surface area (Å²) in [4.78, 5) is 14.8. The third-order valence-corrected chi connectivity index (χ3v) is 4.70. The molecule has 2 unspecified atom stereocenters. The van der Waals surface area contributed by atoms with Crippen LogP contribution < -0.4 is 0 Å². The molecule has 3 aliphatic rings. The number of carbonyl (C=O) groups excluding carboxylic acids is 1. The highest BCUT2D eigenvalue weighted by atomic mass is 16.6. The standard InChI is InChI=1S/C16H19NO2/c1-9-6-5-7-10-12(9)11-8-16(13(10)17(11)16)14(18)19-15(2,3)4/h5-7,11,13H,8H2,1-4H3/t11-,13-,16?,17?/m1/s1. The summed E-state index contributed by atoms with van der Waals surface area (Å²) >= 11 is 0. The van der Waals surface area contributed by atoms with Crippen molar-refractivity contribution in [2.75, 3.05) is 0 Å². The van der Waals surface area contributed by atoms with Gasteiger partial charge in [-0.05, 0) is 50.8 Å². The predicted octanol–water partition coefficient (Wildman–Crippen LogP) is 2.89. The van der Waals surface area contributed by atoms with Crippen LogP contribution in [0.4, 0.5) is 0 Å². The number of hydrogen-bond donors (Lipinski definition) is 0. The second-order valence-corrected chi connectivity index (χ2v) is 7.03. The van der Waals surface area contributed by atoms with Crippen molar-refractivity contribution in [1.82, 2.24) is 4.90 Å². The Morgan fingerprint density at radius 2 is 2.16 bits per heavy atom. The Kier molecular flexibility index (Phi) is 1.83. The van der Waals surface area contributed by atoms with Gasteiger partial charge in [0.1, 0.15) is 11.1 Å². The highest BCUT2D eigenvalue weighted by Gasteiger charge is 2.83. The van der Waals surface area contributed by atoms with E-state index in [1.807, 2.05) is 20.8 Å². The minimum absolute atomic E-state index is 0.0339. The fourth-order valence-electron chi connectivity index (χ4n) is 4.02. The van der Waals surface area contributed by atoms with Crippen molar-refractivity contribution < 1.29 is 9.53 Å². The van der Waals surface area contributed by atoms with E-state index in [0.717, 1.165) is 6.42 Å². The number of fused-ring (bicyclic) bond motifs is 4. The molecule has 3 aliphatic heterocycles. The number of aryl methyl sites for hydroxylation is 1. The Hall–Kier alpha value is -1.35. The summed E-state index contributed by atoms with van der Waals surface area (Å²) in [6, 6.07) is 7.16. The van der Waals surface area contributed by atoms with Crippen molar-refractivity contribution >= 4 is 5.97 Å². The third kappa shape index (κ3) is 1.20. The van der Waals surface area contributed by atoms with Gasteiger partial charge in [0.2, 0.25) is 0 Å². The van der Waals surface area contributed by atoms with E-state index >= 15 is 0 Å². The number of nitrogens with zero attached hydrogens (tertiary/aromatic N) is 1. The summed E-state index contributed by atoms with van der Waals surface area (Å²) in [6.07, 6.45) is 0.935. The second-order valence-electron chi connectivity index (χ2n) is 7.03. The topological polar surface area (TPSA) is 29.3 Å². The van der Waals surface area contributed by atoms with Gasteiger partial charge in [-0.25, -0.2) is 4.79 Å². The van der Waals surface area contributed by atoms with Crippen LogP contribution in [-0.4, -0.2) is 22.0 Å². The second kappa shape index (κ2) is 3.04. The van der Waals surface area contributed by atoms with Crippen molar-refractivity contribution in [3.63, 3.8) is 0 Å². The maximum absolute atomic E-state index is 12.4. The average Bonchev–Trinajstić information content (AvgIpc) is 2.68. The molecule has 2 fully saturated rings. The molecule has 3 heteroatoms. The molecule has 0 aromatic heterocycles. The van der Waals surface area contributed by atoms with Crippen molar-refractivity contribution in [1.29, 1.82) is 0 Å². The highest BCUT2D eigenvalue weighted by molar-refractivity contribution is 5.91. The van der Waals surface area contributed by atoms with Gasteiger partial charge in [-0.3, -0.25) is 4.90 Å². The van der Waals surface area contributed by atoms with Crippen LogP contribution in [0, 0.1) is 6.92 Å². The zero-order valence-electron chi connectivity index (χ0n) is 11.9. The molecule has 0 radical (unpaired) electrons. The summed E-state index contributed by atoms with van der Waals surface area (Å²) < 4.78 is 5.60. The van der Waals surface area contributed by atoms with Crippen LogP contribution >= 0.6 is 0 Å². The largest absolute Gasteiger partial charge is 0.459 e. The van der Waals surface area contributed by atoms with E-state index < -0.39 is 5.60 Å². The Labute approximate surface area is 113 Å². The fraction of sp³-hybridized carbons (Fsp3) is 0.562. The molecule has 1 aromatic carbocycles. The summed E-state index contributed by atoms with van der Waals surface area (Å²) in [7, 11) is 0. The molecule has 0 aliphatic carbocycles. The molecule has 4 rings (SSSR count). The lowest BCUT2D eigenvalue weighted by atomic mass is 9.77. The van der Waals surface area contributed by atoms with Gasteiger partial charge in [0, 0.05) is 6.04 Å². The molecule has 0 bridgehead atoms. The van der Waals surface area contributed by atoms with Crippen LogP contribution in [0.2, 0.25) is 0 Å². The van der Waals surface area contributed by atoms with Crippen LogP contribution in [0.3, 0.4) is 0 Å². The van der Waals surface area contributed by atoms with Gasteiger partial charge >= 0.3 is 5.97 Å². The maximum Gasteiger partial charge on any atom is 0.329 e. The van der Waals surface area contributed by atoms with E-state index in [1.165, 1.54) is 16.7 Å². The van der Waals surface area contributed by atoms with Gasteiger partial charge in [0.25, 0.3) is 0 Å². The van der Waals surface area contributed by atoms with E-state index in [0.29, 0.717) is 6.04 Å². The molecule has 19 heavy (non-hydrogen) atoms. The van der Waals surface area contributed by atoms with Crippen LogP contribution in [-0.2, 0) is 9.53 Å². The molecular weight excluding hydrogens is 238 g/mol. The Morgan fingerprint density at radius 1 is 1.42 bits per heavy atom. The lowest BCUT2D eigenvalue weighted by molar-refractivity contribution is -0.164. The molecule has 3 nitrogen and oxygen atoms in total. The first-order chi connectivity index (χ1) is 8.86. The predicted molar refractivity (Wildman–Crippen MR) is 71.7 cm³/mol. The van der Waals surface area contributed by atoms with Crippen molar-refractivity contribution in [2.45, 2.75) is 57.3 Å². The molecule has 3 heterocycles. The van der Waals surface area contributed by atoms with Gasteiger partial charge in [-0.1, -0.05) is 18.2 Å². The van der Waals surface area contributed by atoms with Gasteiger partial charge in [0.15, 0.2) is 0 Å². The summed E-state index contributed by atoms with van der Waals surface area (Å²) in [5, 5.41) is 0. The van der Waals surface area contributed by atoms with Crippen LogP contribution in [0.15, 0.2) is 18.2 Å². The molecule has 0 spiro atoms.